The second-order valence-corrected chi connectivity index (χ2v) is 8.16. The van der Waals surface area contributed by atoms with Crippen LogP contribution in [0.4, 0.5) is 5.69 Å². The summed E-state index contributed by atoms with van der Waals surface area (Å²) in [6.45, 7) is 0.880. The van der Waals surface area contributed by atoms with Gasteiger partial charge in [-0.1, -0.05) is 0 Å². The maximum Gasteiger partial charge on any atom is 0.281 e. The lowest BCUT2D eigenvalue weighted by atomic mass is 9.97. The summed E-state index contributed by atoms with van der Waals surface area (Å²) < 4.78 is 37.3. The number of amides is 1. The van der Waals surface area contributed by atoms with Crippen molar-refractivity contribution in [1.29, 1.82) is 0 Å². The number of anilines is 1. The number of hydrogen-bond donors (Lipinski definition) is 1. The first-order valence-electron chi connectivity index (χ1n) is 7.76. The number of carbonyl (C=O) groups is 1. The standard InChI is InChI=1S/C15H21N3O5S/c1-17(2)24(20,21)18-7-5-11(6-8-18)15(19)16-12-3-4-13-14(9-12)23-10-22-13/h3-4,9,11H,5-8,10H2,1-2H3,(H,16,19). The van der Waals surface area contributed by atoms with Crippen LogP contribution in [-0.4, -0.2) is 56.9 Å². The van der Waals surface area contributed by atoms with Gasteiger partial charge in [-0.3, -0.25) is 4.79 Å². The number of nitrogens with one attached hydrogen (secondary N) is 1. The van der Waals surface area contributed by atoms with Gasteiger partial charge in [-0.15, -0.1) is 0 Å². The molecule has 1 saturated heterocycles. The highest BCUT2D eigenvalue weighted by molar-refractivity contribution is 7.86. The third-order valence-corrected chi connectivity index (χ3v) is 6.19. The lowest BCUT2D eigenvalue weighted by molar-refractivity contribution is -0.120. The van der Waals surface area contributed by atoms with Crippen LogP contribution in [0.25, 0.3) is 0 Å². The van der Waals surface area contributed by atoms with Crippen molar-refractivity contribution in [2.75, 3.05) is 39.3 Å². The van der Waals surface area contributed by atoms with Gasteiger partial charge in [0.2, 0.25) is 12.7 Å². The maximum atomic E-state index is 12.4. The summed E-state index contributed by atoms with van der Waals surface area (Å²) in [5.74, 6) is 0.967. The minimum atomic E-state index is -3.41. The van der Waals surface area contributed by atoms with E-state index in [1.807, 2.05) is 0 Å². The van der Waals surface area contributed by atoms with Crippen molar-refractivity contribution in [3.8, 4) is 11.5 Å². The summed E-state index contributed by atoms with van der Waals surface area (Å²) in [5, 5.41) is 2.86. The number of carbonyl (C=O) groups excluding carboxylic acids is 1. The molecule has 2 heterocycles. The molecule has 0 radical (unpaired) electrons. The Hall–Kier alpha value is -1.84. The molecule has 2 aliphatic rings. The summed E-state index contributed by atoms with van der Waals surface area (Å²) in [5.41, 5.74) is 0.646. The first-order valence-corrected chi connectivity index (χ1v) is 9.16. The van der Waals surface area contributed by atoms with E-state index >= 15 is 0 Å². The molecule has 0 saturated carbocycles. The van der Waals surface area contributed by atoms with Gasteiger partial charge in [0, 0.05) is 44.9 Å². The normalized spacial score (nSPS) is 18.8. The van der Waals surface area contributed by atoms with Crippen LogP contribution in [0, 0.1) is 5.92 Å². The second kappa shape index (κ2) is 6.58. The molecule has 9 heteroatoms. The molecule has 8 nitrogen and oxygen atoms in total. The Morgan fingerprint density at radius 3 is 2.54 bits per heavy atom. The molecular weight excluding hydrogens is 334 g/mol. The van der Waals surface area contributed by atoms with Crippen molar-refractivity contribution in [3.63, 3.8) is 0 Å². The number of hydrogen-bond acceptors (Lipinski definition) is 5. The topological polar surface area (TPSA) is 88.2 Å². The Morgan fingerprint density at radius 2 is 1.88 bits per heavy atom. The van der Waals surface area contributed by atoms with Crippen LogP contribution in [0.5, 0.6) is 11.5 Å². The van der Waals surface area contributed by atoms with Crippen molar-refractivity contribution < 1.29 is 22.7 Å². The SMILES string of the molecule is CN(C)S(=O)(=O)N1CCC(C(=O)Nc2ccc3c(c2)OCO3)CC1. The number of ether oxygens (including phenoxy) is 2. The van der Waals surface area contributed by atoms with E-state index in [1.165, 1.54) is 22.7 Å². The predicted octanol–water partition coefficient (Wildman–Crippen LogP) is 0.872. The Labute approximate surface area is 141 Å². The number of fused-ring (bicyclic) bond motifs is 1. The van der Waals surface area contributed by atoms with Gasteiger partial charge in [-0.2, -0.15) is 17.0 Å². The van der Waals surface area contributed by atoms with Crippen LogP contribution in [-0.2, 0) is 15.0 Å². The zero-order valence-corrected chi connectivity index (χ0v) is 14.5. The molecule has 3 rings (SSSR count). The number of benzene rings is 1. The highest BCUT2D eigenvalue weighted by Crippen LogP contribution is 2.34. The van der Waals surface area contributed by atoms with E-state index in [0.717, 1.165) is 0 Å². The van der Waals surface area contributed by atoms with E-state index in [9.17, 15) is 13.2 Å². The molecule has 1 aromatic carbocycles. The minimum Gasteiger partial charge on any atom is -0.454 e. The fraction of sp³-hybridized carbons (Fsp3) is 0.533. The lowest BCUT2D eigenvalue weighted by Gasteiger charge is -2.32. The van der Waals surface area contributed by atoms with E-state index in [1.54, 1.807) is 18.2 Å². The Morgan fingerprint density at radius 1 is 1.21 bits per heavy atom. The van der Waals surface area contributed by atoms with E-state index in [0.29, 0.717) is 43.1 Å². The Bertz CT molecular complexity index is 727. The van der Waals surface area contributed by atoms with Crippen LogP contribution in [0.1, 0.15) is 12.8 Å². The summed E-state index contributed by atoms with van der Waals surface area (Å²) >= 11 is 0. The monoisotopic (exact) mass is 355 g/mol. The summed E-state index contributed by atoms with van der Waals surface area (Å²) in [6, 6.07) is 5.24. The zero-order chi connectivity index (χ0) is 17.3. The van der Waals surface area contributed by atoms with Crippen LogP contribution in [0.15, 0.2) is 18.2 Å². The summed E-state index contributed by atoms with van der Waals surface area (Å²) in [6.07, 6.45) is 1.01. The van der Waals surface area contributed by atoms with Crippen LogP contribution in [0.3, 0.4) is 0 Å². The molecule has 0 atom stereocenters. The maximum absolute atomic E-state index is 12.4. The van der Waals surface area contributed by atoms with Crippen molar-refractivity contribution in [1.82, 2.24) is 8.61 Å². The Balaban J connectivity index is 1.58. The molecular formula is C15H21N3O5S. The van der Waals surface area contributed by atoms with Crippen LogP contribution >= 0.6 is 0 Å². The molecule has 1 amide bonds. The fourth-order valence-electron chi connectivity index (χ4n) is 2.80. The highest BCUT2D eigenvalue weighted by Gasteiger charge is 2.32. The number of nitrogens with zero attached hydrogens (tertiary/aromatic N) is 2. The van der Waals surface area contributed by atoms with Gasteiger partial charge in [-0.25, -0.2) is 0 Å². The molecule has 0 unspecified atom stereocenters. The largest absolute Gasteiger partial charge is 0.454 e. The van der Waals surface area contributed by atoms with Crippen molar-refractivity contribution >= 4 is 21.8 Å². The average molecular weight is 355 g/mol. The second-order valence-electron chi connectivity index (χ2n) is 6.02. The first-order chi connectivity index (χ1) is 11.4. The van der Waals surface area contributed by atoms with Gasteiger partial charge in [0.05, 0.1) is 0 Å². The Kier molecular flexibility index (Phi) is 4.66. The summed E-state index contributed by atoms with van der Waals surface area (Å²) in [7, 11) is -0.395. The van der Waals surface area contributed by atoms with Crippen LogP contribution < -0.4 is 14.8 Å². The van der Waals surface area contributed by atoms with Gasteiger partial charge < -0.3 is 14.8 Å². The molecule has 24 heavy (non-hydrogen) atoms. The number of piperidine rings is 1. The molecule has 0 aromatic heterocycles. The zero-order valence-electron chi connectivity index (χ0n) is 13.7. The average Bonchev–Trinajstić information content (AvgIpc) is 3.02. The van der Waals surface area contributed by atoms with E-state index in [-0.39, 0.29) is 18.6 Å². The molecule has 132 valence electrons. The first kappa shape index (κ1) is 17.0. The number of rotatable bonds is 4. The third kappa shape index (κ3) is 3.33. The quantitative estimate of drug-likeness (QED) is 0.866. The van der Waals surface area contributed by atoms with E-state index in [2.05, 4.69) is 5.32 Å². The lowest BCUT2D eigenvalue weighted by Crippen LogP contribution is -2.46. The van der Waals surface area contributed by atoms with E-state index < -0.39 is 10.2 Å². The van der Waals surface area contributed by atoms with Gasteiger partial charge in [0.15, 0.2) is 11.5 Å². The van der Waals surface area contributed by atoms with Gasteiger partial charge in [0.1, 0.15) is 0 Å². The van der Waals surface area contributed by atoms with Gasteiger partial charge >= 0.3 is 0 Å². The van der Waals surface area contributed by atoms with Crippen LogP contribution in [0.2, 0.25) is 0 Å². The molecule has 0 bridgehead atoms. The third-order valence-electron chi connectivity index (χ3n) is 4.25. The summed E-state index contributed by atoms with van der Waals surface area (Å²) in [4.78, 5) is 12.4. The molecule has 0 spiro atoms. The van der Waals surface area contributed by atoms with Crippen molar-refractivity contribution in [2.24, 2.45) is 5.92 Å². The van der Waals surface area contributed by atoms with Gasteiger partial charge in [0.25, 0.3) is 10.2 Å². The van der Waals surface area contributed by atoms with Crippen molar-refractivity contribution in [3.05, 3.63) is 18.2 Å². The fourth-order valence-corrected chi connectivity index (χ4v) is 3.93. The smallest absolute Gasteiger partial charge is 0.281 e. The van der Waals surface area contributed by atoms with E-state index in [4.69, 9.17) is 9.47 Å². The molecule has 1 aromatic rings. The molecule has 1 fully saturated rings. The minimum absolute atomic E-state index is 0.101. The predicted molar refractivity (Wildman–Crippen MR) is 88.1 cm³/mol. The van der Waals surface area contributed by atoms with Gasteiger partial charge in [-0.05, 0) is 25.0 Å². The highest BCUT2D eigenvalue weighted by atomic mass is 32.2. The van der Waals surface area contributed by atoms with Crippen molar-refractivity contribution in [2.45, 2.75) is 12.8 Å². The molecule has 1 N–H and O–H groups in total. The molecule has 2 aliphatic heterocycles. The molecule has 0 aliphatic carbocycles.